The number of anilines is 1. The van der Waals surface area contributed by atoms with E-state index in [1.165, 1.54) is 17.3 Å². The molecule has 4 rings (SSSR count). The SMILES string of the molecule is CC(C)(C)OC(=O)N1C[C@H](Nc2cccc(-c3cnc4cnc(OCC(F)F)cn34)n2)[C@@H](F)C1. The minimum absolute atomic E-state index is 0.0230. The molecule has 0 spiro atoms. The average molecular weight is 478 g/mol. The van der Waals surface area contributed by atoms with Crippen LogP contribution in [0.4, 0.5) is 23.8 Å². The van der Waals surface area contributed by atoms with Crippen LogP contribution in [0, 0.1) is 0 Å². The Morgan fingerprint density at radius 3 is 2.76 bits per heavy atom. The Hall–Kier alpha value is -3.57. The number of carbonyl (C=O) groups is 1. The summed E-state index contributed by atoms with van der Waals surface area (Å²) in [6.07, 6.45) is -0.0540. The number of halogens is 3. The first-order valence-electron chi connectivity index (χ1n) is 10.7. The summed E-state index contributed by atoms with van der Waals surface area (Å²) in [4.78, 5) is 26.4. The Morgan fingerprint density at radius 2 is 2.03 bits per heavy atom. The minimum atomic E-state index is -2.62. The lowest BCUT2D eigenvalue weighted by Gasteiger charge is -2.24. The van der Waals surface area contributed by atoms with E-state index in [4.69, 9.17) is 9.47 Å². The molecule has 4 heterocycles. The molecule has 0 unspecified atom stereocenters. The fourth-order valence-electron chi connectivity index (χ4n) is 3.51. The van der Waals surface area contributed by atoms with E-state index < -0.39 is 36.9 Å². The van der Waals surface area contributed by atoms with Crippen LogP contribution in [-0.4, -0.2) is 74.3 Å². The lowest BCUT2D eigenvalue weighted by Crippen LogP contribution is -2.36. The summed E-state index contributed by atoms with van der Waals surface area (Å²) in [7, 11) is 0. The first-order chi connectivity index (χ1) is 16.1. The maximum absolute atomic E-state index is 14.6. The summed E-state index contributed by atoms with van der Waals surface area (Å²) >= 11 is 0. The van der Waals surface area contributed by atoms with Gasteiger partial charge in [-0.3, -0.25) is 4.40 Å². The molecule has 0 bridgehead atoms. The number of likely N-dealkylation sites (tertiary alicyclic amines) is 1. The number of alkyl halides is 3. The number of nitrogens with one attached hydrogen (secondary N) is 1. The maximum atomic E-state index is 14.6. The van der Waals surface area contributed by atoms with Crippen LogP contribution in [-0.2, 0) is 4.74 Å². The normalized spacial score (nSPS) is 18.5. The minimum Gasteiger partial charge on any atom is -0.471 e. The summed E-state index contributed by atoms with van der Waals surface area (Å²) in [5.74, 6) is 0.434. The lowest BCUT2D eigenvalue weighted by molar-refractivity contribution is 0.0283. The molecule has 1 aliphatic rings. The van der Waals surface area contributed by atoms with Crippen molar-refractivity contribution in [2.45, 2.75) is 45.0 Å². The quantitative estimate of drug-likeness (QED) is 0.576. The van der Waals surface area contributed by atoms with Crippen molar-refractivity contribution in [2.24, 2.45) is 0 Å². The van der Waals surface area contributed by atoms with Crippen molar-refractivity contribution in [1.82, 2.24) is 24.3 Å². The Kier molecular flexibility index (Phi) is 6.49. The summed E-state index contributed by atoms with van der Waals surface area (Å²) in [6.45, 7) is 4.55. The molecule has 182 valence electrons. The van der Waals surface area contributed by atoms with Crippen molar-refractivity contribution >= 4 is 17.6 Å². The third-order valence-corrected chi connectivity index (χ3v) is 4.97. The van der Waals surface area contributed by atoms with E-state index in [-0.39, 0.29) is 19.0 Å². The first kappa shape index (κ1) is 23.6. The molecule has 3 aromatic rings. The maximum Gasteiger partial charge on any atom is 0.410 e. The highest BCUT2D eigenvalue weighted by molar-refractivity contribution is 5.69. The predicted octanol–water partition coefficient (Wildman–Crippen LogP) is 3.80. The van der Waals surface area contributed by atoms with E-state index in [1.807, 2.05) is 0 Å². The van der Waals surface area contributed by atoms with E-state index in [0.717, 1.165) is 0 Å². The number of pyridine rings is 1. The van der Waals surface area contributed by atoms with Gasteiger partial charge in [-0.05, 0) is 32.9 Å². The Morgan fingerprint density at radius 1 is 1.24 bits per heavy atom. The highest BCUT2D eigenvalue weighted by Gasteiger charge is 2.37. The zero-order valence-corrected chi connectivity index (χ0v) is 18.9. The largest absolute Gasteiger partial charge is 0.471 e. The zero-order valence-electron chi connectivity index (χ0n) is 18.9. The van der Waals surface area contributed by atoms with Gasteiger partial charge in [-0.25, -0.2) is 32.9 Å². The summed E-state index contributed by atoms with van der Waals surface area (Å²) in [5, 5.41) is 3.05. The Labute approximate surface area is 193 Å². The molecule has 1 fully saturated rings. The van der Waals surface area contributed by atoms with Crippen molar-refractivity contribution in [1.29, 1.82) is 0 Å². The smallest absolute Gasteiger partial charge is 0.410 e. The van der Waals surface area contributed by atoms with E-state index in [0.29, 0.717) is 22.9 Å². The fraction of sp³-hybridized carbons (Fsp3) is 0.455. The molecular weight excluding hydrogens is 453 g/mol. The monoisotopic (exact) mass is 478 g/mol. The van der Waals surface area contributed by atoms with Gasteiger partial charge in [0.25, 0.3) is 6.43 Å². The number of imidazole rings is 1. The topological polar surface area (TPSA) is 93.9 Å². The van der Waals surface area contributed by atoms with Gasteiger partial charge in [0.2, 0.25) is 5.88 Å². The number of amides is 1. The molecule has 1 N–H and O–H groups in total. The van der Waals surface area contributed by atoms with Crippen LogP contribution in [0.1, 0.15) is 20.8 Å². The van der Waals surface area contributed by atoms with Crippen LogP contribution in [0.25, 0.3) is 17.0 Å². The predicted molar refractivity (Wildman–Crippen MR) is 118 cm³/mol. The van der Waals surface area contributed by atoms with Gasteiger partial charge < -0.3 is 19.7 Å². The fourth-order valence-corrected chi connectivity index (χ4v) is 3.51. The first-order valence-corrected chi connectivity index (χ1v) is 10.7. The van der Waals surface area contributed by atoms with Crippen molar-refractivity contribution in [3.63, 3.8) is 0 Å². The molecule has 34 heavy (non-hydrogen) atoms. The van der Waals surface area contributed by atoms with Crippen LogP contribution < -0.4 is 10.1 Å². The van der Waals surface area contributed by atoms with E-state index >= 15 is 0 Å². The summed E-state index contributed by atoms with van der Waals surface area (Å²) in [6, 6.07) is 4.52. The van der Waals surface area contributed by atoms with E-state index in [2.05, 4.69) is 20.3 Å². The number of hydrogen-bond acceptors (Lipinski definition) is 7. The Bertz CT molecular complexity index is 1170. The van der Waals surface area contributed by atoms with Gasteiger partial charge >= 0.3 is 6.09 Å². The molecular formula is C22H25F3N6O3. The van der Waals surface area contributed by atoms with Crippen LogP contribution >= 0.6 is 0 Å². The van der Waals surface area contributed by atoms with E-state index in [9.17, 15) is 18.0 Å². The van der Waals surface area contributed by atoms with E-state index in [1.54, 1.807) is 49.6 Å². The molecule has 0 radical (unpaired) electrons. The number of hydrogen-bond donors (Lipinski definition) is 1. The van der Waals surface area contributed by atoms with Gasteiger partial charge in [0.1, 0.15) is 17.6 Å². The molecule has 9 nitrogen and oxygen atoms in total. The number of carbonyl (C=O) groups excluding carboxylic acids is 1. The highest BCUT2D eigenvalue weighted by atomic mass is 19.3. The second kappa shape index (κ2) is 9.35. The van der Waals surface area contributed by atoms with Crippen molar-refractivity contribution in [2.75, 3.05) is 25.0 Å². The van der Waals surface area contributed by atoms with Crippen LogP contribution in [0.2, 0.25) is 0 Å². The molecule has 3 aromatic heterocycles. The molecule has 0 saturated carbocycles. The van der Waals surface area contributed by atoms with Crippen molar-refractivity contribution in [3.8, 4) is 17.3 Å². The van der Waals surface area contributed by atoms with Gasteiger partial charge in [-0.1, -0.05) is 6.07 Å². The number of fused-ring (bicyclic) bond motifs is 1. The average Bonchev–Trinajstić information content (AvgIpc) is 3.34. The van der Waals surface area contributed by atoms with Crippen LogP contribution in [0.5, 0.6) is 5.88 Å². The number of rotatable bonds is 6. The van der Waals surface area contributed by atoms with Crippen molar-refractivity contribution < 1.29 is 27.4 Å². The highest BCUT2D eigenvalue weighted by Crippen LogP contribution is 2.24. The van der Waals surface area contributed by atoms with Gasteiger partial charge in [0, 0.05) is 6.54 Å². The lowest BCUT2D eigenvalue weighted by atomic mass is 10.2. The number of ether oxygens (including phenoxy) is 2. The summed E-state index contributed by atoms with van der Waals surface area (Å²) in [5.41, 5.74) is 0.896. The molecule has 1 saturated heterocycles. The molecule has 0 aliphatic carbocycles. The van der Waals surface area contributed by atoms with Crippen molar-refractivity contribution in [3.05, 3.63) is 36.8 Å². The van der Waals surface area contributed by atoms with Gasteiger partial charge in [0.15, 0.2) is 12.3 Å². The third kappa shape index (κ3) is 5.49. The Balaban J connectivity index is 1.50. The second-order valence-corrected chi connectivity index (χ2v) is 8.86. The summed E-state index contributed by atoms with van der Waals surface area (Å²) < 4.78 is 51.5. The van der Waals surface area contributed by atoms with Gasteiger partial charge in [-0.15, -0.1) is 0 Å². The molecule has 12 heteroatoms. The van der Waals surface area contributed by atoms with Crippen LogP contribution in [0.15, 0.2) is 36.8 Å². The molecule has 1 amide bonds. The third-order valence-electron chi connectivity index (χ3n) is 4.97. The van der Waals surface area contributed by atoms with Gasteiger partial charge in [-0.2, -0.15) is 0 Å². The number of aromatic nitrogens is 4. The zero-order chi connectivity index (χ0) is 24.5. The van der Waals surface area contributed by atoms with Gasteiger partial charge in [0.05, 0.1) is 42.6 Å². The second-order valence-electron chi connectivity index (χ2n) is 8.86. The number of nitrogens with zero attached hydrogens (tertiary/aromatic N) is 5. The van der Waals surface area contributed by atoms with Crippen LogP contribution in [0.3, 0.4) is 0 Å². The standard InChI is InChI=1S/C22H25F3N6O3/c1-22(2,3)34-21(32)30-9-13(23)15(10-30)29-18-6-4-5-14(28-18)16-7-26-19-8-27-20(11-31(16)19)33-12-17(24)25/h4-8,11,13,15,17H,9-10,12H2,1-3H3,(H,28,29)/t13-,15-/m0/s1. The molecule has 2 atom stereocenters. The molecule has 0 aromatic carbocycles. The molecule has 1 aliphatic heterocycles.